The van der Waals surface area contributed by atoms with Gasteiger partial charge in [-0.25, -0.2) is 0 Å². The summed E-state index contributed by atoms with van der Waals surface area (Å²) in [5.41, 5.74) is 17.8. The highest BCUT2D eigenvalue weighted by molar-refractivity contribution is 6.11. The van der Waals surface area contributed by atoms with Crippen LogP contribution in [0.3, 0.4) is 0 Å². The van der Waals surface area contributed by atoms with Gasteiger partial charge in [-0.15, -0.1) is 0 Å². The number of hydrogen-bond donors (Lipinski definition) is 0. The van der Waals surface area contributed by atoms with Crippen LogP contribution in [0.25, 0.3) is 115 Å². The van der Waals surface area contributed by atoms with Crippen molar-refractivity contribution in [3.05, 3.63) is 267 Å². The van der Waals surface area contributed by atoms with Crippen molar-refractivity contribution in [1.29, 1.82) is 0 Å². The molecule has 0 unspecified atom stereocenters. The second-order valence-electron chi connectivity index (χ2n) is 18.4. The predicted octanol–water partition coefficient (Wildman–Crippen LogP) is 19.1. The predicted molar refractivity (Wildman–Crippen MR) is 299 cm³/mol. The van der Waals surface area contributed by atoms with Crippen molar-refractivity contribution in [2.75, 3.05) is 4.90 Å². The molecule has 0 atom stereocenters. The molecule has 71 heavy (non-hydrogen) atoms. The number of para-hydroxylation sites is 5. The van der Waals surface area contributed by atoms with E-state index in [4.69, 9.17) is 4.42 Å². The standard InChI is InChI=1S/C68H44N2O/c1-2-15-54-46(14-1)28-29-50-44-49(36-43-56(50)54)45-30-37-51(38-31-45)69(53-41-34-48(35-42-53)57-22-13-23-63-62-21-8-12-27-67(62)71-68(57)63)52-39-32-47(33-40-52)55-16-3-4-17-58(55)59-18-5-9-24-64(59)70-65-25-10-6-19-60(65)61-20-7-11-26-66(61)70/h1-44H. The molecule has 332 valence electrons. The fraction of sp³-hybridized carbons (Fsp3) is 0. The van der Waals surface area contributed by atoms with E-state index in [9.17, 15) is 0 Å². The van der Waals surface area contributed by atoms with Gasteiger partial charge in [0.2, 0.25) is 0 Å². The van der Waals surface area contributed by atoms with E-state index in [0.717, 1.165) is 61.4 Å². The van der Waals surface area contributed by atoms with Gasteiger partial charge in [0.05, 0.1) is 16.7 Å². The Morgan fingerprint density at radius 2 is 0.761 bits per heavy atom. The molecule has 0 amide bonds. The molecule has 0 bridgehead atoms. The van der Waals surface area contributed by atoms with Crippen molar-refractivity contribution in [2.24, 2.45) is 0 Å². The van der Waals surface area contributed by atoms with E-state index in [1.165, 1.54) is 71.2 Å². The summed E-state index contributed by atoms with van der Waals surface area (Å²) in [6.45, 7) is 0. The summed E-state index contributed by atoms with van der Waals surface area (Å²) in [6, 6.07) is 96.7. The highest BCUT2D eigenvalue weighted by Crippen LogP contribution is 2.43. The van der Waals surface area contributed by atoms with E-state index >= 15 is 0 Å². The van der Waals surface area contributed by atoms with Crippen molar-refractivity contribution in [1.82, 2.24) is 4.57 Å². The second-order valence-corrected chi connectivity index (χ2v) is 18.4. The minimum absolute atomic E-state index is 0.900. The average molecular weight is 905 g/mol. The molecule has 3 heteroatoms. The molecule has 14 aromatic rings. The summed E-state index contributed by atoms with van der Waals surface area (Å²) in [5, 5.41) is 9.81. The molecule has 0 saturated heterocycles. The number of hydrogen-bond acceptors (Lipinski definition) is 2. The van der Waals surface area contributed by atoms with Gasteiger partial charge in [0.15, 0.2) is 0 Å². The van der Waals surface area contributed by atoms with E-state index < -0.39 is 0 Å². The Balaban J connectivity index is 0.856. The van der Waals surface area contributed by atoms with E-state index in [1.54, 1.807) is 0 Å². The SMILES string of the molecule is c1ccc(-c2ccccc2-n2c3ccccc3c3ccccc32)c(-c2ccc(N(c3ccc(-c4ccc5c(ccc6ccccc65)c4)cc3)c3ccc(-c4cccc5c4oc4ccccc45)cc3)cc2)c1. The van der Waals surface area contributed by atoms with Crippen molar-refractivity contribution in [3.63, 3.8) is 0 Å². The topological polar surface area (TPSA) is 21.3 Å². The maximum absolute atomic E-state index is 6.48. The van der Waals surface area contributed by atoms with Crippen LogP contribution in [0.15, 0.2) is 271 Å². The van der Waals surface area contributed by atoms with Crippen LogP contribution in [0.1, 0.15) is 0 Å². The molecular weight excluding hydrogens is 861 g/mol. The molecule has 0 aliphatic carbocycles. The summed E-state index contributed by atoms with van der Waals surface area (Å²) in [7, 11) is 0. The average Bonchev–Trinajstić information content (AvgIpc) is 4.00. The lowest BCUT2D eigenvalue weighted by molar-refractivity contribution is 0.670. The number of anilines is 3. The first-order valence-corrected chi connectivity index (χ1v) is 24.3. The molecule has 0 radical (unpaired) electrons. The summed E-state index contributed by atoms with van der Waals surface area (Å²) in [4.78, 5) is 2.36. The Kier molecular flexibility index (Phi) is 9.53. The number of benzene rings is 12. The Morgan fingerprint density at radius 1 is 0.282 bits per heavy atom. The monoisotopic (exact) mass is 904 g/mol. The van der Waals surface area contributed by atoms with Crippen LogP contribution in [0, 0.1) is 0 Å². The molecule has 0 aliphatic rings. The highest BCUT2D eigenvalue weighted by atomic mass is 16.3. The van der Waals surface area contributed by atoms with Crippen molar-refractivity contribution >= 4 is 82.4 Å². The van der Waals surface area contributed by atoms with Gasteiger partial charge in [-0.3, -0.25) is 0 Å². The molecule has 3 nitrogen and oxygen atoms in total. The van der Waals surface area contributed by atoms with Gasteiger partial charge in [-0.1, -0.05) is 200 Å². The van der Waals surface area contributed by atoms with Crippen LogP contribution in [0.4, 0.5) is 17.1 Å². The van der Waals surface area contributed by atoms with Gasteiger partial charge in [-0.2, -0.15) is 0 Å². The second kappa shape index (κ2) is 16.7. The lowest BCUT2D eigenvalue weighted by atomic mass is 9.93. The van der Waals surface area contributed by atoms with E-state index in [-0.39, 0.29) is 0 Å². The lowest BCUT2D eigenvalue weighted by Gasteiger charge is -2.26. The molecular formula is C68H44N2O. The fourth-order valence-electron chi connectivity index (χ4n) is 11.0. The highest BCUT2D eigenvalue weighted by Gasteiger charge is 2.20. The van der Waals surface area contributed by atoms with Crippen LogP contribution in [0.2, 0.25) is 0 Å². The molecule has 0 saturated carbocycles. The number of aromatic nitrogens is 1. The van der Waals surface area contributed by atoms with E-state index in [0.29, 0.717) is 0 Å². The molecule has 0 fully saturated rings. The van der Waals surface area contributed by atoms with Crippen LogP contribution >= 0.6 is 0 Å². The van der Waals surface area contributed by atoms with Crippen LogP contribution in [-0.2, 0) is 0 Å². The molecule has 12 aromatic carbocycles. The van der Waals surface area contributed by atoms with Crippen LogP contribution in [0.5, 0.6) is 0 Å². The van der Waals surface area contributed by atoms with Gasteiger partial charge in [0, 0.05) is 49.7 Å². The normalized spacial score (nSPS) is 11.7. The Bertz CT molecular complexity index is 4280. The molecule has 2 aromatic heterocycles. The van der Waals surface area contributed by atoms with Gasteiger partial charge in [-0.05, 0) is 122 Å². The zero-order valence-electron chi connectivity index (χ0n) is 38.7. The van der Waals surface area contributed by atoms with E-state index in [1.807, 2.05) is 12.1 Å². The maximum Gasteiger partial charge on any atom is 0.143 e. The summed E-state index contributed by atoms with van der Waals surface area (Å²) in [6.07, 6.45) is 0. The van der Waals surface area contributed by atoms with Crippen LogP contribution < -0.4 is 4.90 Å². The largest absolute Gasteiger partial charge is 0.455 e. The van der Waals surface area contributed by atoms with Gasteiger partial charge in [0.1, 0.15) is 11.2 Å². The first kappa shape index (κ1) is 40.6. The number of fused-ring (bicyclic) bond motifs is 9. The zero-order valence-corrected chi connectivity index (χ0v) is 38.7. The third kappa shape index (κ3) is 6.82. The van der Waals surface area contributed by atoms with E-state index in [2.05, 4.69) is 264 Å². The Morgan fingerprint density at radius 3 is 1.46 bits per heavy atom. The fourth-order valence-corrected chi connectivity index (χ4v) is 11.0. The lowest BCUT2D eigenvalue weighted by Crippen LogP contribution is -2.09. The molecule has 0 aliphatic heterocycles. The molecule has 14 rings (SSSR count). The summed E-state index contributed by atoms with van der Waals surface area (Å²) >= 11 is 0. The van der Waals surface area contributed by atoms with Gasteiger partial charge in [0.25, 0.3) is 0 Å². The first-order valence-electron chi connectivity index (χ1n) is 24.3. The minimum Gasteiger partial charge on any atom is -0.455 e. The number of nitrogens with zero attached hydrogens (tertiary/aromatic N) is 2. The van der Waals surface area contributed by atoms with Crippen molar-refractivity contribution < 1.29 is 4.42 Å². The summed E-state index contributed by atoms with van der Waals surface area (Å²) in [5.74, 6) is 0. The minimum atomic E-state index is 0.900. The zero-order chi connectivity index (χ0) is 46.8. The quantitative estimate of drug-likeness (QED) is 0.142. The number of rotatable bonds is 8. The third-order valence-electron chi connectivity index (χ3n) is 14.4. The van der Waals surface area contributed by atoms with Crippen molar-refractivity contribution in [3.8, 4) is 50.2 Å². The van der Waals surface area contributed by atoms with Gasteiger partial charge < -0.3 is 13.9 Å². The maximum atomic E-state index is 6.48. The van der Waals surface area contributed by atoms with Crippen LogP contribution in [-0.4, -0.2) is 4.57 Å². The Labute approximate surface area is 411 Å². The molecule has 0 N–H and O–H groups in total. The third-order valence-corrected chi connectivity index (χ3v) is 14.4. The Hall–Kier alpha value is -9.44. The number of furan rings is 1. The smallest absolute Gasteiger partial charge is 0.143 e. The first-order chi connectivity index (χ1) is 35.2. The molecule has 0 spiro atoms. The summed E-state index contributed by atoms with van der Waals surface area (Å²) < 4.78 is 8.90. The van der Waals surface area contributed by atoms with Gasteiger partial charge >= 0.3 is 0 Å². The molecule has 2 heterocycles. The van der Waals surface area contributed by atoms with Crippen molar-refractivity contribution in [2.45, 2.75) is 0 Å².